The van der Waals surface area contributed by atoms with Gasteiger partial charge in [0.05, 0.1) is 23.0 Å². The predicted octanol–water partition coefficient (Wildman–Crippen LogP) is 6.06. The average molecular weight is 465 g/mol. The summed E-state index contributed by atoms with van der Waals surface area (Å²) in [4.78, 5) is 19.1. The van der Waals surface area contributed by atoms with Gasteiger partial charge in [0.2, 0.25) is 0 Å². The first-order valence-electron chi connectivity index (χ1n) is 12.7. The summed E-state index contributed by atoms with van der Waals surface area (Å²) in [6.45, 7) is 6.40. The summed E-state index contributed by atoms with van der Waals surface area (Å²) in [7, 11) is 1.75. The van der Waals surface area contributed by atoms with Gasteiger partial charge in [-0.05, 0) is 88.4 Å². The minimum atomic E-state index is -0.406. The van der Waals surface area contributed by atoms with Gasteiger partial charge in [0.15, 0.2) is 0 Å². The Balaban J connectivity index is 0.000000486. The van der Waals surface area contributed by atoms with Crippen molar-refractivity contribution in [2.24, 2.45) is 0 Å². The van der Waals surface area contributed by atoms with Crippen LogP contribution in [0.1, 0.15) is 80.6 Å². The topological polar surface area (TPSA) is 50.2 Å². The average Bonchev–Trinajstić information content (AvgIpc) is 3.56. The summed E-state index contributed by atoms with van der Waals surface area (Å²) in [6, 6.07) is 6.55. The zero-order chi connectivity index (χ0) is 24.1. The van der Waals surface area contributed by atoms with Gasteiger partial charge >= 0.3 is 0 Å². The van der Waals surface area contributed by atoms with Crippen LogP contribution in [0.5, 0.6) is 0 Å². The Labute approximate surface area is 202 Å². The van der Waals surface area contributed by atoms with Crippen molar-refractivity contribution in [3.05, 3.63) is 59.8 Å². The molecule has 3 aromatic rings. The van der Waals surface area contributed by atoms with Gasteiger partial charge in [-0.3, -0.25) is 9.78 Å². The lowest BCUT2D eigenvalue weighted by molar-refractivity contribution is 0.0754. The van der Waals surface area contributed by atoms with Gasteiger partial charge in [0, 0.05) is 30.9 Å². The van der Waals surface area contributed by atoms with Crippen molar-refractivity contribution in [2.45, 2.75) is 70.8 Å². The number of hydrogen-bond donors (Lipinski definition) is 1. The fourth-order valence-electron chi connectivity index (χ4n) is 4.98. The number of fused-ring (bicyclic) bond motifs is 1. The summed E-state index contributed by atoms with van der Waals surface area (Å²) in [5.74, 6) is -0.0661. The van der Waals surface area contributed by atoms with Crippen LogP contribution >= 0.6 is 0 Å². The number of carbonyl (C=O) groups is 1. The van der Waals surface area contributed by atoms with E-state index in [1.807, 2.05) is 30.8 Å². The third-order valence-corrected chi connectivity index (χ3v) is 7.18. The lowest BCUT2D eigenvalue weighted by Gasteiger charge is -2.23. The molecule has 1 amide bonds. The first-order chi connectivity index (χ1) is 16.5. The third kappa shape index (κ3) is 5.33. The fraction of sp³-hybridized carbons (Fsp3) is 0.500. The number of amides is 1. The molecule has 0 unspecified atom stereocenters. The number of benzene rings is 1. The molecule has 0 atom stereocenters. The molecule has 1 aliphatic carbocycles. The van der Waals surface area contributed by atoms with Crippen molar-refractivity contribution in [3.8, 4) is 5.69 Å². The molecule has 2 aromatic heterocycles. The second-order valence-electron chi connectivity index (χ2n) is 9.81. The van der Waals surface area contributed by atoms with Crippen LogP contribution in [0.3, 0.4) is 0 Å². The number of nitrogens with zero attached hydrogens (tertiary/aromatic N) is 3. The number of hydrogen-bond acceptors (Lipinski definition) is 3. The molecule has 3 heterocycles. The number of carbonyl (C=O) groups excluding carboxylic acids is 1. The number of aromatic nitrogens is 2. The monoisotopic (exact) mass is 464 g/mol. The Bertz CT molecular complexity index is 1110. The quantitative estimate of drug-likeness (QED) is 0.510. The highest BCUT2D eigenvalue weighted by Crippen LogP contribution is 2.38. The molecular weight excluding hydrogens is 427 g/mol. The van der Waals surface area contributed by atoms with E-state index in [9.17, 15) is 9.18 Å². The first kappa shape index (κ1) is 24.4. The Kier molecular flexibility index (Phi) is 7.99. The lowest BCUT2D eigenvalue weighted by atomic mass is 9.84. The summed E-state index contributed by atoms with van der Waals surface area (Å²) in [5, 5.41) is 4.40. The predicted molar refractivity (Wildman–Crippen MR) is 136 cm³/mol. The molecule has 182 valence electrons. The molecule has 2 aliphatic rings. The summed E-state index contributed by atoms with van der Waals surface area (Å²) >= 11 is 0. The van der Waals surface area contributed by atoms with Crippen LogP contribution in [0.2, 0.25) is 0 Å². The Hall–Kier alpha value is -2.73. The van der Waals surface area contributed by atoms with Crippen molar-refractivity contribution in [3.63, 3.8) is 0 Å². The highest BCUT2D eigenvalue weighted by molar-refractivity contribution is 5.99. The molecule has 1 aliphatic heterocycles. The zero-order valence-corrected chi connectivity index (χ0v) is 20.7. The van der Waals surface area contributed by atoms with Crippen LogP contribution in [0.15, 0.2) is 42.9 Å². The van der Waals surface area contributed by atoms with E-state index >= 15 is 0 Å². The van der Waals surface area contributed by atoms with E-state index in [1.165, 1.54) is 81.1 Å². The highest BCUT2D eigenvalue weighted by atomic mass is 19.1. The van der Waals surface area contributed by atoms with Crippen molar-refractivity contribution < 1.29 is 9.18 Å². The first-order valence-corrected chi connectivity index (χ1v) is 12.7. The van der Waals surface area contributed by atoms with E-state index in [0.717, 1.165) is 5.52 Å². The van der Waals surface area contributed by atoms with E-state index in [4.69, 9.17) is 0 Å². The normalized spacial score (nSPS) is 16.5. The van der Waals surface area contributed by atoms with Crippen molar-refractivity contribution >= 4 is 16.8 Å². The van der Waals surface area contributed by atoms with Crippen LogP contribution < -0.4 is 5.32 Å². The van der Waals surface area contributed by atoms with Crippen LogP contribution in [-0.2, 0) is 0 Å². The Morgan fingerprint density at radius 1 is 1.12 bits per heavy atom. The second kappa shape index (κ2) is 11.1. The van der Waals surface area contributed by atoms with E-state index in [-0.39, 0.29) is 11.9 Å². The summed E-state index contributed by atoms with van der Waals surface area (Å²) < 4.78 is 16.1. The summed E-state index contributed by atoms with van der Waals surface area (Å²) in [5.41, 5.74) is 3.34. The lowest BCUT2D eigenvalue weighted by Crippen LogP contribution is -2.33. The highest BCUT2D eigenvalue weighted by Gasteiger charge is 2.24. The van der Waals surface area contributed by atoms with E-state index in [2.05, 4.69) is 22.6 Å². The minimum Gasteiger partial charge on any atom is -0.339 e. The molecule has 5 nitrogen and oxygen atoms in total. The Morgan fingerprint density at radius 2 is 1.85 bits per heavy atom. The maximum Gasteiger partial charge on any atom is 0.256 e. The van der Waals surface area contributed by atoms with E-state index in [0.29, 0.717) is 17.2 Å². The number of rotatable bonds is 4. The van der Waals surface area contributed by atoms with Crippen LogP contribution in [-0.4, -0.2) is 46.5 Å². The molecule has 5 rings (SSSR count). The number of halogens is 1. The van der Waals surface area contributed by atoms with Gasteiger partial charge in [-0.25, -0.2) is 4.39 Å². The number of pyridine rings is 1. The van der Waals surface area contributed by atoms with Gasteiger partial charge in [-0.2, -0.15) is 0 Å². The molecule has 34 heavy (non-hydrogen) atoms. The maximum absolute atomic E-state index is 14.1. The SMILES string of the molecule is C1CCNC1.CC(C)N(C)C(=O)c1cc(F)ccc1-n1cc(C2CCCCC2)c2ccncc21. The second-order valence-corrected chi connectivity index (χ2v) is 9.81. The van der Waals surface area contributed by atoms with Gasteiger partial charge in [0.25, 0.3) is 5.91 Å². The van der Waals surface area contributed by atoms with Crippen LogP contribution in [0.4, 0.5) is 4.39 Å². The molecule has 0 bridgehead atoms. The summed E-state index contributed by atoms with van der Waals surface area (Å²) in [6.07, 6.45) is 14.8. The van der Waals surface area contributed by atoms with E-state index < -0.39 is 5.82 Å². The zero-order valence-electron chi connectivity index (χ0n) is 20.7. The molecule has 6 heteroatoms. The molecule has 1 N–H and O–H groups in total. The van der Waals surface area contributed by atoms with Crippen molar-refractivity contribution in [1.82, 2.24) is 19.8 Å². The maximum atomic E-state index is 14.1. The molecule has 2 fully saturated rings. The largest absolute Gasteiger partial charge is 0.339 e. The van der Waals surface area contributed by atoms with Gasteiger partial charge < -0.3 is 14.8 Å². The number of nitrogens with one attached hydrogen (secondary N) is 1. The van der Waals surface area contributed by atoms with Gasteiger partial charge in [-0.1, -0.05) is 19.3 Å². The Morgan fingerprint density at radius 3 is 2.50 bits per heavy atom. The fourth-order valence-corrected chi connectivity index (χ4v) is 4.98. The standard InChI is InChI=1S/C24H28FN3O.C4H9N/c1-16(2)27(3)24(29)20-13-18(25)9-10-22(20)28-15-21(17-7-5-4-6-8-17)19-11-12-26-14-23(19)28;1-2-4-5-3-1/h9-17H,4-8H2,1-3H3;5H,1-4H2. The molecule has 0 radical (unpaired) electrons. The molecule has 1 saturated heterocycles. The molecule has 0 spiro atoms. The third-order valence-electron chi connectivity index (χ3n) is 7.18. The molecule has 1 saturated carbocycles. The minimum absolute atomic E-state index is 0.0273. The van der Waals surface area contributed by atoms with Gasteiger partial charge in [0.1, 0.15) is 5.82 Å². The van der Waals surface area contributed by atoms with Crippen molar-refractivity contribution in [1.29, 1.82) is 0 Å². The molecular formula is C28H37FN4O. The van der Waals surface area contributed by atoms with Crippen LogP contribution in [0.25, 0.3) is 16.6 Å². The van der Waals surface area contributed by atoms with Crippen LogP contribution in [0, 0.1) is 5.82 Å². The smallest absolute Gasteiger partial charge is 0.256 e. The van der Waals surface area contributed by atoms with Gasteiger partial charge in [-0.15, -0.1) is 0 Å². The molecule has 1 aromatic carbocycles. The van der Waals surface area contributed by atoms with E-state index in [1.54, 1.807) is 18.0 Å². The van der Waals surface area contributed by atoms with Crippen molar-refractivity contribution in [2.75, 3.05) is 20.1 Å².